The van der Waals surface area contributed by atoms with E-state index in [1.165, 1.54) is 18.4 Å². The van der Waals surface area contributed by atoms with Crippen LogP contribution in [0.2, 0.25) is 0 Å². The zero-order valence-electron chi connectivity index (χ0n) is 11.8. The monoisotopic (exact) mass is 240 g/mol. The minimum absolute atomic E-state index is 0.655. The van der Waals surface area contributed by atoms with Gasteiger partial charge in [-0.2, -0.15) is 0 Å². The molecule has 0 amide bonds. The molecule has 3 aliphatic rings. The van der Waals surface area contributed by atoms with Crippen LogP contribution in [-0.4, -0.2) is 0 Å². The highest BCUT2D eigenvalue weighted by molar-refractivity contribution is 5.48. The molecule has 4 atom stereocenters. The third-order valence-corrected chi connectivity index (χ3v) is 4.85. The SMILES string of the molecule is CCC1C2=CCC(C)C=C2C2C=C(C)CC=CC21. The first kappa shape index (κ1) is 12.0. The molecule has 0 N–H and O–H groups in total. The van der Waals surface area contributed by atoms with E-state index in [4.69, 9.17) is 0 Å². The minimum Gasteiger partial charge on any atom is -0.0842 e. The molecule has 1 fully saturated rings. The number of hydrogen-bond donors (Lipinski definition) is 0. The van der Waals surface area contributed by atoms with E-state index in [9.17, 15) is 0 Å². The highest BCUT2D eigenvalue weighted by Gasteiger charge is 2.41. The first-order valence-corrected chi connectivity index (χ1v) is 7.46. The molecule has 0 aliphatic heterocycles. The molecule has 0 bridgehead atoms. The van der Waals surface area contributed by atoms with Crippen molar-refractivity contribution in [3.63, 3.8) is 0 Å². The van der Waals surface area contributed by atoms with Crippen molar-refractivity contribution in [3.8, 4) is 0 Å². The second-order valence-corrected chi connectivity index (χ2v) is 6.26. The number of rotatable bonds is 1. The molecule has 1 saturated carbocycles. The first-order chi connectivity index (χ1) is 8.70. The Morgan fingerprint density at radius 3 is 2.83 bits per heavy atom. The molecule has 3 rings (SSSR count). The molecule has 3 aliphatic carbocycles. The van der Waals surface area contributed by atoms with Crippen LogP contribution in [0.5, 0.6) is 0 Å². The summed E-state index contributed by atoms with van der Waals surface area (Å²) < 4.78 is 0. The van der Waals surface area contributed by atoms with Gasteiger partial charge >= 0.3 is 0 Å². The van der Waals surface area contributed by atoms with E-state index in [-0.39, 0.29) is 0 Å². The summed E-state index contributed by atoms with van der Waals surface area (Å²) in [5.41, 5.74) is 4.85. The van der Waals surface area contributed by atoms with E-state index in [1.54, 1.807) is 11.1 Å². The lowest BCUT2D eigenvalue weighted by atomic mass is 9.86. The van der Waals surface area contributed by atoms with E-state index in [0.29, 0.717) is 5.92 Å². The minimum atomic E-state index is 0.655. The van der Waals surface area contributed by atoms with Crippen LogP contribution < -0.4 is 0 Å². The van der Waals surface area contributed by atoms with Gasteiger partial charge in [0.15, 0.2) is 0 Å². The molecular weight excluding hydrogens is 216 g/mol. The van der Waals surface area contributed by atoms with E-state index >= 15 is 0 Å². The van der Waals surface area contributed by atoms with Gasteiger partial charge in [0.1, 0.15) is 0 Å². The molecule has 0 radical (unpaired) electrons. The van der Waals surface area contributed by atoms with Crippen LogP contribution in [0.3, 0.4) is 0 Å². The predicted molar refractivity (Wildman–Crippen MR) is 78.2 cm³/mol. The Kier molecular flexibility index (Phi) is 3.05. The van der Waals surface area contributed by atoms with Crippen molar-refractivity contribution >= 4 is 0 Å². The van der Waals surface area contributed by atoms with Crippen molar-refractivity contribution in [1.82, 2.24) is 0 Å². The van der Waals surface area contributed by atoms with Gasteiger partial charge in [-0.25, -0.2) is 0 Å². The van der Waals surface area contributed by atoms with Crippen LogP contribution in [0.15, 0.2) is 47.1 Å². The second-order valence-electron chi connectivity index (χ2n) is 6.26. The van der Waals surface area contributed by atoms with Crippen LogP contribution in [0.4, 0.5) is 0 Å². The van der Waals surface area contributed by atoms with E-state index in [2.05, 4.69) is 51.2 Å². The maximum Gasteiger partial charge on any atom is 0.00890 e. The number of fused-ring (bicyclic) bond motifs is 3. The van der Waals surface area contributed by atoms with Gasteiger partial charge in [-0.05, 0) is 55.1 Å². The quantitative estimate of drug-likeness (QED) is 0.562. The van der Waals surface area contributed by atoms with E-state index < -0.39 is 0 Å². The molecule has 4 unspecified atom stereocenters. The molecule has 18 heavy (non-hydrogen) atoms. The third-order valence-electron chi connectivity index (χ3n) is 4.85. The van der Waals surface area contributed by atoms with Crippen LogP contribution in [0, 0.1) is 23.7 Å². The Morgan fingerprint density at radius 2 is 2.06 bits per heavy atom. The van der Waals surface area contributed by atoms with E-state index in [0.717, 1.165) is 24.2 Å². The summed E-state index contributed by atoms with van der Waals surface area (Å²) >= 11 is 0. The molecule has 0 aromatic carbocycles. The van der Waals surface area contributed by atoms with Gasteiger partial charge in [-0.1, -0.05) is 49.8 Å². The van der Waals surface area contributed by atoms with Crippen molar-refractivity contribution < 1.29 is 0 Å². The molecule has 0 heteroatoms. The topological polar surface area (TPSA) is 0 Å². The largest absolute Gasteiger partial charge is 0.0842 e. The average Bonchev–Trinajstić information content (AvgIpc) is 2.50. The van der Waals surface area contributed by atoms with Crippen LogP contribution in [-0.2, 0) is 0 Å². The third kappa shape index (κ3) is 1.83. The zero-order valence-corrected chi connectivity index (χ0v) is 11.8. The Labute approximate surface area is 111 Å². The van der Waals surface area contributed by atoms with Gasteiger partial charge in [0.25, 0.3) is 0 Å². The van der Waals surface area contributed by atoms with Crippen molar-refractivity contribution in [3.05, 3.63) is 47.1 Å². The van der Waals surface area contributed by atoms with Crippen LogP contribution >= 0.6 is 0 Å². The predicted octanol–water partition coefficient (Wildman–Crippen LogP) is 5.06. The lowest BCUT2D eigenvalue weighted by molar-refractivity contribution is 0.446. The molecule has 0 saturated heterocycles. The Morgan fingerprint density at radius 1 is 1.22 bits per heavy atom. The van der Waals surface area contributed by atoms with Crippen molar-refractivity contribution in [2.45, 2.75) is 40.0 Å². The summed E-state index contributed by atoms with van der Waals surface area (Å²) in [6.07, 6.45) is 16.2. The standard InChI is InChI=1S/C18H24/c1-4-14-15-7-5-6-12(2)10-17(15)18-11-13(3)8-9-16(14)18/h5,7,9-11,13-15,17H,4,6,8H2,1-3H3. The van der Waals surface area contributed by atoms with Crippen molar-refractivity contribution in [2.24, 2.45) is 23.7 Å². The van der Waals surface area contributed by atoms with Gasteiger partial charge in [0.05, 0.1) is 0 Å². The van der Waals surface area contributed by atoms with Gasteiger partial charge in [0.2, 0.25) is 0 Å². The summed E-state index contributed by atoms with van der Waals surface area (Å²) in [6, 6.07) is 0. The molecule has 0 heterocycles. The fraction of sp³-hybridized carbons (Fsp3) is 0.556. The van der Waals surface area contributed by atoms with Gasteiger partial charge < -0.3 is 0 Å². The number of hydrogen-bond acceptors (Lipinski definition) is 0. The first-order valence-electron chi connectivity index (χ1n) is 7.46. The maximum atomic E-state index is 2.55. The molecular formula is C18H24. The smallest absolute Gasteiger partial charge is 0.00890 e. The van der Waals surface area contributed by atoms with Crippen LogP contribution in [0.25, 0.3) is 0 Å². The highest BCUT2D eigenvalue weighted by atomic mass is 14.4. The normalized spacial score (nSPS) is 38.3. The van der Waals surface area contributed by atoms with Gasteiger partial charge in [0, 0.05) is 5.92 Å². The summed E-state index contributed by atoms with van der Waals surface area (Å²) in [5, 5.41) is 0. The number of allylic oxidation sites excluding steroid dienone is 8. The van der Waals surface area contributed by atoms with Crippen LogP contribution in [0.1, 0.15) is 40.0 Å². The van der Waals surface area contributed by atoms with Gasteiger partial charge in [-0.15, -0.1) is 0 Å². The average molecular weight is 240 g/mol. The molecule has 0 aromatic rings. The Bertz CT molecular complexity index is 458. The summed E-state index contributed by atoms with van der Waals surface area (Å²) in [6.45, 7) is 6.97. The zero-order chi connectivity index (χ0) is 12.7. The van der Waals surface area contributed by atoms with E-state index in [1.807, 2.05) is 0 Å². The Hall–Kier alpha value is -1.04. The fourth-order valence-electron chi connectivity index (χ4n) is 3.97. The fourth-order valence-corrected chi connectivity index (χ4v) is 3.97. The molecule has 96 valence electrons. The lowest BCUT2D eigenvalue weighted by Gasteiger charge is -2.18. The maximum absolute atomic E-state index is 2.55. The summed E-state index contributed by atoms with van der Waals surface area (Å²) in [4.78, 5) is 0. The van der Waals surface area contributed by atoms with Crippen molar-refractivity contribution in [1.29, 1.82) is 0 Å². The molecule has 0 nitrogen and oxygen atoms in total. The second kappa shape index (κ2) is 4.57. The van der Waals surface area contributed by atoms with Gasteiger partial charge in [-0.3, -0.25) is 0 Å². The Balaban J connectivity index is 2.08. The van der Waals surface area contributed by atoms with Crippen molar-refractivity contribution in [2.75, 3.05) is 0 Å². The molecule has 0 aromatic heterocycles. The lowest BCUT2D eigenvalue weighted by Crippen LogP contribution is -2.10. The summed E-state index contributed by atoms with van der Waals surface area (Å²) in [5.74, 6) is 2.85. The molecule has 0 spiro atoms. The highest BCUT2D eigenvalue weighted by Crippen LogP contribution is 2.51. The summed E-state index contributed by atoms with van der Waals surface area (Å²) in [7, 11) is 0.